The molecule has 0 unspecified atom stereocenters. The number of hydrogen-bond donors (Lipinski definition) is 1. The van der Waals surface area contributed by atoms with Gasteiger partial charge in [0.25, 0.3) is 0 Å². The molecule has 0 aliphatic heterocycles. The minimum atomic E-state index is -0.411. The maximum atomic E-state index is 11.0. The number of carbonyl (C=O) groups excluding carboxylic acids is 1. The van der Waals surface area contributed by atoms with Gasteiger partial charge in [-0.3, -0.25) is 9.78 Å². The van der Waals surface area contributed by atoms with Crippen molar-refractivity contribution in [2.45, 2.75) is 0 Å². The molecule has 0 bridgehead atoms. The van der Waals surface area contributed by atoms with Gasteiger partial charge in [0.15, 0.2) is 0 Å². The van der Waals surface area contributed by atoms with E-state index in [1.807, 2.05) is 24.3 Å². The minimum Gasteiger partial charge on any atom is -0.366 e. The molecule has 2 N–H and O–H groups in total. The number of hydrogen-bond acceptors (Lipinski definition) is 2. The van der Waals surface area contributed by atoms with Gasteiger partial charge in [-0.15, -0.1) is 0 Å². The molecule has 2 aromatic rings. The summed E-state index contributed by atoms with van der Waals surface area (Å²) in [6.07, 6.45) is 3.43. The highest BCUT2D eigenvalue weighted by Crippen LogP contribution is 2.18. The van der Waals surface area contributed by atoms with Gasteiger partial charge in [-0.2, -0.15) is 0 Å². The molecule has 2 rings (SSSR count). The molecule has 0 fully saturated rings. The van der Waals surface area contributed by atoms with E-state index in [0.29, 0.717) is 5.56 Å². The van der Waals surface area contributed by atoms with Crippen molar-refractivity contribution in [3.63, 3.8) is 0 Å². The van der Waals surface area contributed by atoms with Crippen LogP contribution in [0, 0.1) is 0 Å². The summed E-state index contributed by atoms with van der Waals surface area (Å²) in [7, 11) is 0. The number of benzene rings is 1. The monoisotopic (exact) mass is 198 g/mol. The van der Waals surface area contributed by atoms with Gasteiger partial charge in [0.05, 0.1) is 0 Å². The Hall–Kier alpha value is -2.16. The summed E-state index contributed by atoms with van der Waals surface area (Å²) in [6, 6.07) is 11.0. The van der Waals surface area contributed by atoms with Crippen LogP contribution in [0.15, 0.2) is 48.8 Å². The number of carbonyl (C=O) groups is 1. The number of nitrogens with two attached hydrogens (primary N) is 1. The van der Waals surface area contributed by atoms with Crippen LogP contribution in [-0.4, -0.2) is 10.9 Å². The molecule has 3 heteroatoms. The van der Waals surface area contributed by atoms with Crippen molar-refractivity contribution in [3.05, 3.63) is 54.4 Å². The van der Waals surface area contributed by atoms with Crippen LogP contribution in [0.5, 0.6) is 0 Å². The second kappa shape index (κ2) is 3.92. The fourth-order valence-electron chi connectivity index (χ4n) is 1.40. The third-order valence-corrected chi connectivity index (χ3v) is 2.16. The molecule has 0 saturated carbocycles. The molecule has 3 nitrogen and oxygen atoms in total. The summed E-state index contributed by atoms with van der Waals surface area (Å²) in [5, 5.41) is 0. The number of aromatic nitrogens is 1. The van der Waals surface area contributed by atoms with Crippen LogP contribution < -0.4 is 5.73 Å². The molecule has 0 atom stereocenters. The van der Waals surface area contributed by atoms with Gasteiger partial charge in [0.1, 0.15) is 0 Å². The Morgan fingerprint density at radius 3 is 2.47 bits per heavy atom. The Kier molecular flexibility index (Phi) is 2.46. The van der Waals surface area contributed by atoms with Crippen LogP contribution in [-0.2, 0) is 0 Å². The molecule has 15 heavy (non-hydrogen) atoms. The van der Waals surface area contributed by atoms with Crippen molar-refractivity contribution < 1.29 is 4.79 Å². The fourth-order valence-corrected chi connectivity index (χ4v) is 1.40. The number of nitrogens with zero attached hydrogens (tertiary/aromatic N) is 1. The first-order chi connectivity index (χ1) is 7.27. The van der Waals surface area contributed by atoms with Crippen molar-refractivity contribution in [1.29, 1.82) is 0 Å². The van der Waals surface area contributed by atoms with E-state index < -0.39 is 5.91 Å². The van der Waals surface area contributed by atoms with E-state index >= 15 is 0 Å². The first kappa shape index (κ1) is 9.40. The van der Waals surface area contributed by atoms with E-state index in [-0.39, 0.29) is 0 Å². The molecule has 1 amide bonds. The lowest BCUT2D eigenvalue weighted by atomic mass is 10.0. The third-order valence-electron chi connectivity index (χ3n) is 2.16. The van der Waals surface area contributed by atoms with E-state index in [2.05, 4.69) is 4.98 Å². The Morgan fingerprint density at radius 2 is 1.80 bits per heavy atom. The van der Waals surface area contributed by atoms with Gasteiger partial charge < -0.3 is 5.73 Å². The minimum absolute atomic E-state index is 0.411. The van der Waals surface area contributed by atoms with Gasteiger partial charge in [-0.1, -0.05) is 12.1 Å². The topological polar surface area (TPSA) is 56.0 Å². The molecule has 0 aliphatic rings. The van der Waals surface area contributed by atoms with Crippen LogP contribution in [0.1, 0.15) is 10.4 Å². The molecule has 1 heterocycles. The number of rotatable bonds is 2. The van der Waals surface area contributed by atoms with Crippen molar-refractivity contribution in [2.75, 3.05) is 0 Å². The number of primary amides is 1. The quantitative estimate of drug-likeness (QED) is 0.800. The average Bonchev–Trinajstić information content (AvgIpc) is 2.30. The van der Waals surface area contributed by atoms with E-state index in [9.17, 15) is 4.79 Å². The summed E-state index contributed by atoms with van der Waals surface area (Å²) in [5.41, 5.74) is 7.72. The fraction of sp³-hybridized carbons (Fsp3) is 0. The summed E-state index contributed by atoms with van der Waals surface area (Å²) in [4.78, 5) is 14.9. The lowest BCUT2D eigenvalue weighted by Gasteiger charge is -2.02. The average molecular weight is 198 g/mol. The van der Waals surface area contributed by atoms with Crippen LogP contribution >= 0.6 is 0 Å². The Balaban J connectivity index is 2.46. The van der Waals surface area contributed by atoms with Gasteiger partial charge in [0.2, 0.25) is 5.91 Å². The maximum Gasteiger partial charge on any atom is 0.248 e. The van der Waals surface area contributed by atoms with E-state index in [1.165, 1.54) is 0 Å². The molecule has 0 saturated heterocycles. The van der Waals surface area contributed by atoms with Crippen LogP contribution in [0.25, 0.3) is 11.1 Å². The van der Waals surface area contributed by atoms with Crippen molar-refractivity contribution >= 4 is 5.91 Å². The Bertz CT molecular complexity index is 480. The second-order valence-electron chi connectivity index (χ2n) is 3.18. The standard InChI is InChI=1S/C12H10N2O/c13-12(15)11-3-1-2-10(8-11)9-4-6-14-7-5-9/h1-8H,(H2,13,15). The molecular formula is C12H10N2O. The first-order valence-corrected chi connectivity index (χ1v) is 4.57. The SMILES string of the molecule is NC(=O)c1cccc(-c2ccncc2)c1. The zero-order valence-electron chi connectivity index (χ0n) is 8.05. The molecule has 0 spiro atoms. The summed E-state index contributed by atoms with van der Waals surface area (Å²) >= 11 is 0. The lowest BCUT2D eigenvalue weighted by Crippen LogP contribution is -2.10. The van der Waals surface area contributed by atoms with Crippen LogP contribution in [0.3, 0.4) is 0 Å². The van der Waals surface area contributed by atoms with Gasteiger partial charge in [-0.25, -0.2) is 0 Å². The van der Waals surface area contributed by atoms with Crippen molar-refractivity contribution in [3.8, 4) is 11.1 Å². The van der Waals surface area contributed by atoms with E-state index in [0.717, 1.165) is 11.1 Å². The predicted molar refractivity (Wildman–Crippen MR) is 58.2 cm³/mol. The van der Waals surface area contributed by atoms with Crippen LogP contribution in [0.4, 0.5) is 0 Å². The smallest absolute Gasteiger partial charge is 0.248 e. The largest absolute Gasteiger partial charge is 0.366 e. The molecule has 0 aliphatic carbocycles. The zero-order chi connectivity index (χ0) is 10.7. The van der Waals surface area contributed by atoms with Gasteiger partial charge in [0, 0.05) is 18.0 Å². The molecule has 0 radical (unpaired) electrons. The Labute approximate surface area is 87.6 Å². The number of amides is 1. The zero-order valence-corrected chi connectivity index (χ0v) is 8.05. The molecular weight excluding hydrogens is 188 g/mol. The highest BCUT2D eigenvalue weighted by atomic mass is 16.1. The second-order valence-corrected chi connectivity index (χ2v) is 3.18. The normalized spacial score (nSPS) is 9.87. The number of pyridine rings is 1. The molecule has 1 aromatic heterocycles. The van der Waals surface area contributed by atoms with Gasteiger partial charge >= 0.3 is 0 Å². The van der Waals surface area contributed by atoms with Crippen molar-refractivity contribution in [1.82, 2.24) is 4.98 Å². The maximum absolute atomic E-state index is 11.0. The molecule has 1 aromatic carbocycles. The predicted octanol–water partition coefficient (Wildman–Crippen LogP) is 1.85. The summed E-state index contributed by atoms with van der Waals surface area (Å²) in [5.74, 6) is -0.411. The highest BCUT2D eigenvalue weighted by molar-refractivity contribution is 5.94. The highest BCUT2D eigenvalue weighted by Gasteiger charge is 2.02. The third kappa shape index (κ3) is 2.02. The van der Waals surface area contributed by atoms with E-state index in [1.54, 1.807) is 24.5 Å². The molecule has 74 valence electrons. The van der Waals surface area contributed by atoms with Crippen molar-refractivity contribution in [2.24, 2.45) is 5.73 Å². The Morgan fingerprint density at radius 1 is 1.07 bits per heavy atom. The summed E-state index contributed by atoms with van der Waals surface area (Å²) in [6.45, 7) is 0. The summed E-state index contributed by atoms with van der Waals surface area (Å²) < 4.78 is 0. The van der Waals surface area contributed by atoms with Crippen LogP contribution in [0.2, 0.25) is 0 Å². The lowest BCUT2D eigenvalue weighted by molar-refractivity contribution is 0.100. The van der Waals surface area contributed by atoms with E-state index in [4.69, 9.17) is 5.73 Å². The first-order valence-electron chi connectivity index (χ1n) is 4.57. The van der Waals surface area contributed by atoms with Gasteiger partial charge in [-0.05, 0) is 35.4 Å².